The van der Waals surface area contributed by atoms with Gasteiger partial charge in [0.15, 0.2) is 0 Å². The van der Waals surface area contributed by atoms with Gasteiger partial charge in [-0.1, -0.05) is 24.3 Å². The van der Waals surface area contributed by atoms with Crippen molar-refractivity contribution in [2.75, 3.05) is 12.4 Å². The van der Waals surface area contributed by atoms with Gasteiger partial charge in [0.2, 0.25) is 0 Å². The van der Waals surface area contributed by atoms with Crippen LogP contribution in [0.3, 0.4) is 0 Å². The summed E-state index contributed by atoms with van der Waals surface area (Å²) in [5, 5.41) is 3.25. The summed E-state index contributed by atoms with van der Waals surface area (Å²) in [5.74, 6) is -0.448. The molecule has 0 fully saturated rings. The molecule has 0 aliphatic heterocycles. The lowest BCUT2D eigenvalue weighted by Crippen LogP contribution is -2.08. The fourth-order valence-corrected chi connectivity index (χ4v) is 1.88. The number of hydrogen-bond donors (Lipinski definition) is 2. The highest BCUT2D eigenvalue weighted by molar-refractivity contribution is 5.88. The van der Waals surface area contributed by atoms with E-state index in [9.17, 15) is 4.79 Å². The Morgan fingerprint density at radius 3 is 2.75 bits per heavy atom. The summed E-state index contributed by atoms with van der Waals surface area (Å²) >= 11 is 0. The van der Waals surface area contributed by atoms with Gasteiger partial charge < -0.3 is 15.8 Å². The number of nitrogens with one attached hydrogen (secondary N) is 1. The van der Waals surface area contributed by atoms with Crippen molar-refractivity contribution in [1.82, 2.24) is 4.98 Å². The fraction of sp³-hybridized carbons (Fsp3) is 0.200. The number of ether oxygens (including phenoxy) is 1. The molecule has 0 saturated carbocycles. The second-order valence-corrected chi connectivity index (χ2v) is 4.25. The number of methoxy groups -OCH3 is 1. The zero-order chi connectivity index (χ0) is 14.4. The molecule has 5 heteroatoms. The second kappa shape index (κ2) is 6.68. The maximum atomic E-state index is 11.4. The van der Waals surface area contributed by atoms with E-state index >= 15 is 0 Å². The van der Waals surface area contributed by atoms with Gasteiger partial charge in [-0.15, -0.1) is 0 Å². The van der Waals surface area contributed by atoms with Crippen LogP contribution < -0.4 is 11.1 Å². The molecular formula is C15H17N3O2. The standard InChI is InChI=1S/C15H17N3O2/c1-20-15(19)14-8-13(6-7-17-14)18-10-12-5-3-2-4-11(12)9-16/h2-8H,9-10,16H2,1H3,(H,17,18). The Morgan fingerprint density at radius 2 is 2.05 bits per heavy atom. The number of anilines is 1. The quantitative estimate of drug-likeness (QED) is 0.813. The van der Waals surface area contributed by atoms with E-state index in [2.05, 4.69) is 15.0 Å². The molecule has 1 aromatic carbocycles. The maximum Gasteiger partial charge on any atom is 0.356 e. The first-order chi connectivity index (χ1) is 9.74. The minimum atomic E-state index is -0.448. The largest absolute Gasteiger partial charge is 0.464 e. The lowest BCUT2D eigenvalue weighted by molar-refractivity contribution is 0.0594. The Morgan fingerprint density at radius 1 is 1.30 bits per heavy atom. The molecule has 3 N–H and O–H groups in total. The van der Waals surface area contributed by atoms with E-state index < -0.39 is 5.97 Å². The van der Waals surface area contributed by atoms with E-state index in [1.54, 1.807) is 18.3 Å². The zero-order valence-electron chi connectivity index (χ0n) is 11.3. The lowest BCUT2D eigenvalue weighted by Gasteiger charge is -2.10. The second-order valence-electron chi connectivity index (χ2n) is 4.25. The molecule has 0 radical (unpaired) electrons. The number of nitrogens with two attached hydrogens (primary N) is 1. The first-order valence-corrected chi connectivity index (χ1v) is 6.29. The van der Waals surface area contributed by atoms with Crippen LogP contribution in [-0.4, -0.2) is 18.1 Å². The van der Waals surface area contributed by atoms with Crippen molar-refractivity contribution in [2.45, 2.75) is 13.1 Å². The van der Waals surface area contributed by atoms with Crippen molar-refractivity contribution in [3.63, 3.8) is 0 Å². The smallest absolute Gasteiger partial charge is 0.356 e. The van der Waals surface area contributed by atoms with Gasteiger partial charge in [-0.2, -0.15) is 0 Å². The summed E-state index contributed by atoms with van der Waals surface area (Å²) in [6, 6.07) is 11.4. The number of pyridine rings is 1. The van der Waals surface area contributed by atoms with Crippen LogP contribution in [0, 0.1) is 0 Å². The molecule has 0 bridgehead atoms. The lowest BCUT2D eigenvalue weighted by atomic mass is 10.1. The molecule has 0 aliphatic rings. The number of rotatable bonds is 5. The van der Waals surface area contributed by atoms with Crippen molar-refractivity contribution in [1.29, 1.82) is 0 Å². The predicted molar refractivity (Wildman–Crippen MR) is 77.2 cm³/mol. The molecule has 1 heterocycles. The first-order valence-electron chi connectivity index (χ1n) is 6.29. The molecule has 0 saturated heterocycles. The van der Waals surface area contributed by atoms with Gasteiger partial charge in [0, 0.05) is 25.0 Å². The van der Waals surface area contributed by atoms with Gasteiger partial charge in [0.05, 0.1) is 7.11 Å². The minimum absolute atomic E-state index is 0.282. The predicted octanol–water partition coefficient (Wildman–Crippen LogP) is 1.94. The Kier molecular flexibility index (Phi) is 4.68. The SMILES string of the molecule is COC(=O)c1cc(NCc2ccccc2CN)ccn1. The van der Waals surface area contributed by atoms with Crippen LogP contribution in [0.15, 0.2) is 42.6 Å². The van der Waals surface area contributed by atoms with E-state index in [-0.39, 0.29) is 5.69 Å². The third-order valence-electron chi connectivity index (χ3n) is 2.98. The van der Waals surface area contributed by atoms with Gasteiger partial charge >= 0.3 is 5.97 Å². The maximum absolute atomic E-state index is 11.4. The number of aromatic nitrogens is 1. The summed E-state index contributed by atoms with van der Waals surface area (Å²) in [6.07, 6.45) is 1.57. The van der Waals surface area contributed by atoms with Crippen molar-refractivity contribution < 1.29 is 9.53 Å². The Labute approximate surface area is 117 Å². The van der Waals surface area contributed by atoms with Crippen LogP contribution in [0.25, 0.3) is 0 Å². The van der Waals surface area contributed by atoms with E-state index in [1.165, 1.54) is 7.11 Å². The van der Waals surface area contributed by atoms with E-state index in [1.807, 2.05) is 24.3 Å². The molecule has 0 amide bonds. The number of benzene rings is 1. The third kappa shape index (κ3) is 3.33. The topological polar surface area (TPSA) is 77.2 Å². The Bertz CT molecular complexity index is 599. The van der Waals surface area contributed by atoms with Crippen LogP contribution >= 0.6 is 0 Å². The third-order valence-corrected chi connectivity index (χ3v) is 2.98. The molecule has 20 heavy (non-hydrogen) atoms. The highest BCUT2D eigenvalue weighted by Crippen LogP contribution is 2.13. The summed E-state index contributed by atoms with van der Waals surface area (Å²) in [7, 11) is 1.33. The van der Waals surface area contributed by atoms with Gasteiger partial charge in [0.25, 0.3) is 0 Å². The van der Waals surface area contributed by atoms with Crippen LogP contribution in [0.4, 0.5) is 5.69 Å². The number of hydrogen-bond acceptors (Lipinski definition) is 5. The number of nitrogens with zero attached hydrogens (tertiary/aromatic N) is 1. The van der Waals surface area contributed by atoms with Crippen molar-refractivity contribution in [3.8, 4) is 0 Å². The molecule has 0 atom stereocenters. The van der Waals surface area contributed by atoms with E-state index in [0.717, 1.165) is 16.8 Å². The monoisotopic (exact) mass is 271 g/mol. The minimum Gasteiger partial charge on any atom is -0.464 e. The number of carbonyl (C=O) groups is 1. The van der Waals surface area contributed by atoms with Crippen LogP contribution in [0.1, 0.15) is 21.6 Å². The van der Waals surface area contributed by atoms with Gasteiger partial charge in [-0.05, 0) is 23.3 Å². The molecule has 5 nitrogen and oxygen atoms in total. The van der Waals surface area contributed by atoms with E-state index in [0.29, 0.717) is 13.1 Å². The normalized spacial score (nSPS) is 10.1. The molecule has 104 valence electrons. The molecule has 1 aromatic heterocycles. The highest BCUT2D eigenvalue weighted by atomic mass is 16.5. The van der Waals surface area contributed by atoms with Crippen LogP contribution in [0.5, 0.6) is 0 Å². The summed E-state index contributed by atoms with van der Waals surface area (Å²) in [4.78, 5) is 15.4. The average molecular weight is 271 g/mol. The zero-order valence-corrected chi connectivity index (χ0v) is 11.3. The fourth-order valence-electron chi connectivity index (χ4n) is 1.88. The first kappa shape index (κ1) is 14.0. The number of carbonyl (C=O) groups excluding carboxylic acids is 1. The van der Waals surface area contributed by atoms with Gasteiger partial charge in [-0.3, -0.25) is 0 Å². The molecule has 0 aliphatic carbocycles. The van der Waals surface area contributed by atoms with Crippen molar-refractivity contribution >= 4 is 11.7 Å². The molecule has 0 unspecified atom stereocenters. The molecular weight excluding hydrogens is 254 g/mol. The Hall–Kier alpha value is -2.40. The van der Waals surface area contributed by atoms with Crippen LogP contribution in [-0.2, 0) is 17.8 Å². The Balaban J connectivity index is 2.09. The highest BCUT2D eigenvalue weighted by Gasteiger charge is 2.07. The van der Waals surface area contributed by atoms with Crippen molar-refractivity contribution in [2.24, 2.45) is 5.73 Å². The van der Waals surface area contributed by atoms with Gasteiger partial charge in [0.1, 0.15) is 5.69 Å². The van der Waals surface area contributed by atoms with E-state index in [4.69, 9.17) is 5.73 Å². The molecule has 0 spiro atoms. The summed E-state index contributed by atoms with van der Waals surface area (Å²) in [5.41, 5.74) is 9.03. The molecule has 2 aromatic rings. The summed E-state index contributed by atoms with van der Waals surface area (Å²) in [6.45, 7) is 1.14. The summed E-state index contributed by atoms with van der Waals surface area (Å²) < 4.78 is 4.64. The molecule has 2 rings (SSSR count). The van der Waals surface area contributed by atoms with Gasteiger partial charge in [-0.25, -0.2) is 9.78 Å². The van der Waals surface area contributed by atoms with Crippen molar-refractivity contribution in [3.05, 3.63) is 59.4 Å². The van der Waals surface area contributed by atoms with Crippen LogP contribution in [0.2, 0.25) is 0 Å². The number of esters is 1. The average Bonchev–Trinajstić information content (AvgIpc) is 2.52.